The molecule has 0 aliphatic carbocycles. The molecule has 1 aliphatic rings. The van der Waals surface area contributed by atoms with E-state index in [1.54, 1.807) is 0 Å². The molecule has 0 saturated carbocycles. The maximum Gasteiger partial charge on any atom is 0.222 e. The minimum absolute atomic E-state index is 0.316. The molecule has 0 radical (unpaired) electrons. The summed E-state index contributed by atoms with van der Waals surface area (Å²) in [5.74, 6) is 0.316. The second-order valence-electron chi connectivity index (χ2n) is 5.31. The molecule has 0 aromatic heterocycles. The summed E-state index contributed by atoms with van der Waals surface area (Å²) in [4.78, 5) is 14.2. The number of piperidine rings is 1. The van der Waals surface area contributed by atoms with Crippen molar-refractivity contribution in [2.75, 3.05) is 20.1 Å². The number of benzene rings is 1. The number of likely N-dealkylation sites (N-methyl/N-ethyl adjacent to an activating group) is 1. The molecule has 3 heteroatoms. The van der Waals surface area contributed by atoms with Gasteiger partial charge < -0.3 is 10.2 Å². The fourth-order valence-electron chi connectivity index (χ4n) is 2.69. The van der Waals surface area contributed by atoms with E-state index in [-0.39, 0.29) is 0 Å². The highest BCUT2D eigenvalue weighted by Crippen LogP contribution is 2.12. The molecule has 0 bridgehead atoms. The van der Waals surface area contributed by atoms with Crippen LogP contribution in [-0.4, -0.2) is 37.0 Å². The standard InChI is InChI=1S/C16H24N2O/c1-17-15-10-6-12-18(13-15)16(19)11-5-9-14-7-3-2-4-8-14/h2-4,7-8,15,17H,5-6,9-13H2,1H3. The maximum atomic E-state index is 12.1. The third kappa shape index (κ3) is 4.35. The lowest BCUT2D eigenvalue weighted by atomic mass is 10.0. The van der Waals surface area contributed by atoms with Crippen LogP contribution in [0.3, 0.4) is 0 Å². The molecule has 1 amide bonds. The van der Waals surface area contributed by atoms with Crippen molar-refractivity contribution >= 4 is 5.91 Å². The van der Waals surface area contributed by atoms with Gasteiger partial charge in [-0.3, -0.25) is 4.79 Å². The molecule has 1 heterocycles. The van der Waals surface area contributed by atoms with Gasteiger partial charge in [-0.2, -0.15) is 0 Å². The van der Waals surface area contributed by atoms with Gasteiger partial charge in [0.05, 0.1) is 0 Å². The first-order chi connectivity index (χ1) is 9.29. The molecule has 1 atom stereocenters. The Bertz CT molecular complexity index is 391. The molecule has 1 fully saturated rings. The van der Waals surface area contributed by atoms with Gasteiger partial charge in [0.2, 0.25) is 5.91 Å². The predicted molar refractivity (Wildman–Crippen MR) is 78.0 cm³/mol. The Morgan fingerprint density at radius 1 is 1.37 bits per heavy atom. The Hall–Kier alpha value is -1.35. The van der Waals surface area contributed by atoms with E-state index in [4.69, 9.17) is 0 Å². The fraction of sp³-hybridized carbons (Fsp3) is 0.562. The quantitative estimate of drug-likeness (QED) is 0.880. The lowest BCUT2D eigenvalue weighted by molar-refractivity contribution is -0.132. The van der Waals surface area contributed by atoms with Crippen molar-refractivity contribution in [3.8, 4) is 0 Å². The highest BCUT2D eigenvalue weighted by atomic mass is 16.2. The zero-order valence-corrected chi connectivity index (χ0v) is 11.8. The molecule has 1 aromatic rings. The van der Waals surface area contributed by atoms with Crippen LogP contribution in [0.5, 0.6) is 0 Å². The molecule has 1 aliphatic heterocycles. The Kier molecular flexibility index (Phi) is 5.40. The van der Waals surface area contributed by atoms with E-state index in [1.165, 1.54) is 12.0 Å². The number of carbonyl (C=O) groups is 1. The minimum Gasteiger partial charge on any atom is -0.341 e. The van der Waals surface area contributed by atoms with Crippen LogP contribution in [0.4, 0.5) is 0 Å². The fourth-order valence-corrected chi connectivity index (χ4v) is 2.69. The van der Waals surface area contributed by atoms with E-state index in [0.717, 1.165) is 32.4 Å². The SMILES string of the molecule is CNC1CCCN(C(=O)CCCc2ccccc2)C1. The van der Waals surface area contributed by atoms with Crippen molar-refractivity contribution < 1.29 is 4.79 Å². The summed E-state index contributed by atoms with van der Waals surface area (Å²) in [6.07, 6.45) is 4.92. The van der Waals surface area contributed by atoms with Crippen LogP contribution in [-0.2, 0) is 11.2 Å². The van der Waals surface area contributed by atoms with E-state index >= 15 is 0 Å². The number of carbonyl (C=O) groups excluding carboxylic acids is 1. The van der Waals surface area contributed by atoms with Crippen LogP contribution in [0.1, 0.15) is 31.2 Å². The number of amides is 1. The number of nitrogens with one attached hydrogen (secondary N) is 1. The van der Waals surface area contributed by atoms with Crippen molar-refractivity contribution in [2.24, 2.45) is 0 Å². The van der Waals surface area contributed by atoms with Crippen molar-refractivity contribution in [1.29, 1.82) is 0 Å². The monoisotopic (exact) mass is 260 g/mol. The Balaban J connectivity index is 1.72. The number of likely N-dealkylation sites (tertiary alicyclic amines) is 1. The van der Waals surface area contributed by atoms with Gasteiger partial charge in [-0.05, 0) is 38.3 Å². The van der Waals surface area contributed by atoms with Crippen LogP contribution in [0, 0.1) is 0 Å². The average Bonchev–Trinajstić information content (AvgIpc) is 2.48. The van der Waals surface area contributed by atoms with Crippen LogP contribution in [0.25, 0.3) is 0 Å². The van der Waals surface area contributed by atoms with Crippen LogP contribution >= 0.6 is 0 Å². The highest BCUT2D eigenvalue weighted by molar-refractivity contribution is 5.76. The summed E-state index contributed by atoms with van der Waals surface area (Å²) in [6, 6.07) is 10.9. The maximum absolute atomic E-state index is 12.1. The summed E-state index contributed by atoms with van der Waals surface area (Å²) >= 11 is 0. The summed E-state index contributed by atoms with van der Waals surface area (Å²) in [6.45, 7) is 1.81. The molecule has 1 N–H and O–H groups in total. The summed E-state index contributed by atoms with van der Waals surface area (Å²) in [7, 11) is 1.98. The molecule has 1 unspecified atom stereocenters. The number of rotatable bonds is 5. The normalized spacial score (nSPS) is 19.4. The van der Waals surface area contributed by atoms with Gasteiger partial charge >= 0.3 is 0 Å². The van der Waals surface area contributed by atoms with Crippen molar-refractivity contribution in [3.05, 3.63) is 35.9 Å². The van der Waals surface area contributed by atoms with Crippen LogP contribution in [0.2, 0.25) is 0 Å². The van der Waals surface area contributed by atoms with E-state index in [9.17, 15) is 4.79 Å². The third-order valence-electron chi connectivity index (χ3n) is 3.88. The highest BCUT2D eigenvalue weighted by Gasteiger charge is 2.21. The van der Waals surface area contributed by atoms with Gasteiger partial charge in [-0.25, -0.2) is 0 Å². The minimum atomic E-state index is 0.316. The van der Waals surface area contributed by atoms with Gasteiger partial charge in [0.1, 0.15) is 0 Å². The second kappa shape index (κ2) is 7.29. The molecule has 1 aromatic carbocycles. The largest absolute Gasteiger partial charge is 0.341 e. The molecular formula is C16H24N2O. The second-order valence-corrected chi connectivity index (χ2v) is 5.31. The third-order valence-corrected chi connectivity index (χ3v) is 3.88. The molecular weight excluding hydrogens is 236 g/mol. The van der Waals surface area contributed by atoms with Crippen molar-refractivity contribution in [3.63, 3.8) is 0 Å². The first kappa shape index (κ1) is 14.1. The van der Waals surface area contributed by atoms with Crippen molar-refractivity contribution in [2.45, 2.75) is 38.1 Å². The summed E-state index contributed by atoms with van der Waals surface area (Å²) in [5, 5.41) is 3.28. The van der Waals surface area contributed by atoms with Crippen molar-refractivity contribution in [1.82, 2.24) is 10.2 Å². The van der Waals surface area contributed by atoms with E-state index in [2.05, 4.69) is 29.6 Å². The zero-order chi connectivity index (χ0) is 13.5. The molecule has 2 rings (SSSR count). The topological polar surface area (TPSA) is 32.3 Å². The molecule has 0 spiro atoms. The average molecular weight is 260 g/mol. The number of hydrogen-bond acceptors (Lipinski definition) is 2. The summed E-state index contributed by atoms with van der Waals surface area (Å²) < 4.78 is 0. The molecule has 19 heavy (non-hydrogen) atoms. The van der Waals surface area contributed by atoms with Crippen LogP contribution in [0.15, 0.2) is 30.3 Å². The van der Waals surface area contributed by atoms with Gasteiger partial charge in [0.25, 0.3) is 0 Å². The smallest absolute Gasteiger partial charge is 0.222 e. The predicted octanol–water partition coefficient (Wildman–Crippen LogP) is 2.22. The summed E-state index contributed by atoms with van der Waals surface area (Å²) in [5.41, 5.74) is 1.32. The van der Waals surface area contributed by atoms with Gasteiger partial charge in [-0.1, -0.05) is 30.3 Å². The lowest BCUT2D eigenvalue weighted by Gasteiger charge is -2.32. The number of aryl methyl sites for hydroxylation is 1. The first-order valence-electron chi connectivity index (χ1n) is 7.28. The number of hydrogen-bond donors (Lipinski definition) is 1. The Labute approximate surface area is 116 Å². The van der Waals surface area contributed by atoms with Crippen LogP contribution < -0.4 is 5.32 Å². The number of nitrogens with zero attached hydrogens (tertiary/aromatic N) is 1. The van der Waals surface area contributed by atoms with Gasteiger partial charge in [0.15, 0.2) is 0 Å². The van der Waals surface area contributed by atoms with E-state index < -0.39 is 0 Å². The lowest BCUT2D eigenvalue weighted by Crippen LogP contribution is -2.46. The molecule has 104 valence electrons. The zero-order valence-electron chi connectivity index (χ0n) is 11.8. The first-order valence-corrected chi connectivity index (χ1v) is 7.28. The Morgan fingerprint density at radius 3 is 2.89 bits per heavy atom. The molecule has 3 nitrogen and oxygen atoms in total. The van der Waals surface area contributed by atoms with E-state index in [1.807, 2.05) is 18.0 Å². The van der Waals surface area contributed by atoms with Gasteiger partial charge in [-0.15, -0.1) is 0 Å². The van der Waals surface area contributed by atoms with Gasteiger partial charge in [0, 0.05) is 25.6 Å². The molecule has 1 saturated heterocycles. The Morgan fingerprint density at radius 2 is 2.16 bits per heavy atom. The van der Waals surface area contributed by atoms with E-state index in [0.29, 0.717) is 18.4 Å².